The number of aliphatic imine (C=N–C) groups is 1. The highest BCUT2D eigenvalue weighted by molar-refractivity contribution is 8.01. The molecule has 1 aromatic heterocycles. The Hall–Kier alpha value is -3.32. The molecule has 0 bridgehead atoms. The Bertz CT molecular complexity index is 1020. The molecule has 0 saturated carbocycles. The summed E-state index contributed by atoms with van der Waals surface area (Å²) in [5.74, 6) is 1.01. The number of halogens is 3. The van der Waals surface area contributed by atoms with Gasteiger partial charge in [0.25, 0.3) is 0 Å². The molecule has 0 radical (unpaired) electrons. The third-order valence-corrected chi connectivity index (χ3v) is 5.11. The molecule has 0 aliphatic carbocycles. The smallest absolute Gasteiger partial charge is 0.431 e. The fourth-order valence-electron chi connectivity index (χ4n) is 2.50. The molecule has 5 N–H and O–H groups in total. The second kappa shape index (κ2) is 14.8. The van der Waals surface area contributed by atoms with E-state index < -0.39 is 11.9 Å². The summed E-state index contributed by atoms with van der Waals surface area (Å²) in [7, 11) is 4.34. The molecular formula is C22H30F3N7O2S. The Balaban J connectivity index is 0.000000376. The summed E-state index contributed by atoms with van der Waals surface area (Å²) in [6.45, 7) is 4.66. The summed E-state index contributed by atoms with van der Waals surface area (Å²) < 4.78 is 41.7. The molecule has 0 saturated heterocycles. The summed E-state index contributed by atoms with van der Waals surface area (Å²) in [4.78, 5) is 23.4. The lowest BCUT2D eigenvalue weighted by Gasteiger charge is -2.10. The third kappa shape index (κ3) is 9.83. The van der Waals surface area contributed by atoms with Crippen LogP contribution in [-0.2, 0) is 11.3 Å². The molecule has 2 aromatic rings. The molecule has 2 heterocycles. The molecule has 0 amide bonds. The maximum atomic E-state index is 12.0. The highest BCUT2D eigenvalue weighted by Crippen LogP contribution is 2.40. The van der Waals surface area contributed by atoms with Crippen LogP contribution in [0.15, 0.2) is 52.3 Å². The van der Waals surface area contributed by atoms with Crippen LogP contribution in [0.2, 0.25) is 0 Å². The number of hydrogen-bond acceptors (Lipinski definition) is 9. The lowest BCUT2D eigenvalue weighted by molar-refractivity contribution is -0.107. The molecular weight excluding hydrogens is 483 g/mol. The van der Waals surface area contributed by atoms with Gasteiger partial charge in [-0.2, -0.15) is 13.2 Å². The van der Waals surface area contributed by atoms with Gasteiger partial charge in [0.05, 0.1) is 5.69 Å². The first kappa shape index (κ1) is 29.7. The van der Waals surface area contributed by atoms with Crippen LogP contribution in [-0.4, -0.2) is 54.8 Å². The minimum absolute atomic E-state index is 0.170. The molecule has 1 atom stereocenters. The van der Waals surface area contributed by atoms with Crippen LogP contribution in [0.1, 0.15) is 19.5 Å². The molecule has 192 valence electrons. The number of ether oxygens (including phenoxy) is 1. The van der Waals surface area contributed by atoms with E-state index in [0.717, 1.165) is 28.6 Å². The first-order valence-electron chi connectivity index (χ1n) is 10.5. The highest BCUT2D eigenvalue weighted by atomic mass is 32.2. The molecule has 1 aliphatic rings. The normalized spacial score (nSPS) is 14.9. The predicted octanol–water partition coefficient (Wildman–Crippen LogP) is 3.70. The van der Waals surface area contributed by atoms with Crippen LogP contribution in [0.5, 0.6) is 11.6 Å². The van der Waals surface area contributed by atoms with Crippen LogP contribution in [0.4, 0.5) is 18.9 Å². The van der Waals surface area contributed by atoms with Gasteiger partial charge in [-0.1, -0.05) is 25.6 Å². The van der Waals surface area contributed by atoms with Gasteiger partial charge in [-0.05, 0) is 25.2 Å². The SMILES string of the molecule is CC.CN=C(N)/C=C(\NC)C(F)(F)F.CNCc1cc(Oc2ccc3c(c2)SC(C=O)N3)ncn1. The second-order valence-electron chi connectivity index (χ2n) is 6.41. The first-order valence-corrected chi connectivity index (χ1v) is 11.4. The van der Waals surface area contributed by atoms with Gasteiger partial charge < -0.3 is 31.2 Å². The Morgan fingerprint density at radius 1 is 1.29 bits per heavy atom. The number of carbonyl (C=O) groups is 1. The Kier molecular flexibility index (Phi) is 12.6. The minimum Gasteiger partial charge on any atom is -0.439 e. The number of nitrogens with zero attached hydrogens (tertiary/aromatic N) is 3. The van der Waals surface area contributed by atoms with Crippen molar-refractivity contribution < 1.29 is 22.7 Å². The van der Waals surface area contributed by atoms with E-state index in [-0.39, 0.29) is 11.2 Å². The maximum absolute atomic E-state index is 12.0. The van der Waals surface area contributed by atoms with Gasteiger partial charge in [-0.3, -0.25) is 4.99 Å². The van der Waals surface area contributed by atoms with Gasteiger partial charge in [-0.15, -0.1) is 0 Å². The summed E-state index contributed by atoms with van der Waals surface area (Å²) in [5, 5.41) is 7.89. The van der Waals surface area contributed by atoms with Crippen LogP contribution >= 0.6 is 11.8 Å². The molecule has 0 fully saturated rings. The number of fused-ring (bicyclic) bond motifs is 1. The fourth-order valence-corrected chi connectivity index (χ4v) is 3.46. The molecule has 9 nitrogen and oxygen atoms in total. The molecule has 1 aliphatic heterocycles. The van der Waals surface area contributed by atoms with Crippen molar-refractivity contribution in [1.82, 2.24) is 20.6 Å². The van der Waals surface area contributed by atoms with E-state index in [1.54, 1.807) is 6.07 Å². The number of allylic oxidation sites excluding steroid dienone is 1. The van der Waals surface area contributed by atoms with E-state index in [2.05, 4.69) is 25.6 Å². The number of anilines is 1. The van der Waals surface area contributed by atoms with Gasteiger partial charge in [-0.25, -0.2) is 9.97 Å². The number of nitrogens with two attached hydrogens (primary N) is 1. The van der Waals surface area contributed by atoms with Gasteiger partial charge in [0.2, 0.25) is 5.88 Å². The highest BCUT2D eigenvalue weighted by Gasteiger charge is 2.33. The number of thioether (sulfide) groups is 1. The predicted molar refractivity (Wildman–Crippen MR) is 133 cm³/mol. The van der Waals surface area contributed by atoms with Crippen molar-refractivity contribution in [3.63, 3.8) is 0 Å². The largest absolute Gasteiger partial charge is 0.439 e. The van der Waals surface area contributed by atoms with Crippen molar-refractivity contribution >= 4 is 29.6 Å². The van der Waals surface area contributed by atoms with Gasteiger partial charge >= 0.3 is 6.18 Å². The van der Waals surface area contributed by atoms with Gasteiger partial charge in [0.15, 0.2) is 6.29 Å². The molecule has 1 aromatic carbocycles. The number of aldehydes is 1. The van der Waals surface area contributed by atoms with Crippen LogP contribution in [0, 0.1) is 0 Å². The van der Waals surface area contributed by atoms with Crippen molar-refractivity contribution in [1.29, 1.82) is 0 Å². The quantitative estimate of drug-likeness (QED) is 0.249. The molecule has 0 spiro atoms. The summed E-state index contributed by atoms with van der Waals surface area (Å²) in [5.41, 5.74) is 5.98. The van der Waals surface area contributed by atoms with Crippen LogP contribution in [0.25, 0.3) is 0 Å². The second-order valence-corrected chi connectivity index (χ2v) is 7.59. The molecule has 3 rings (SSSR count). The van der Waals surface area contributed by atoms with E-state index in [9.17, 15) is 18.0 Å². The molecule has 1 unspecified atom stereocenters. The average molecular weight is 514 g/mol. The zero-order chi connectivity index (χ0) is 26.4. The lowest BCUT2D eigenvalue weighted by atomic mass is 10.3. The topological polar surface area (TPSA) is 127 Å². The van der Waals surface area contributed by atoms with Gasteiger partial charge in [0, 0.05) is 43.4 Å². The fraction of sp³-hybridized carbons (Fsp3) is 0.364. The standard InChI is InChI=1S/C14H14N4O2S.C6H10F3N3.C2H6/c1-15-6-9-4-13(17-8-16-9)20-10-2-3-11-12(5-10)21-14(7-19)18-11;1-11-4(6(7,8)9)3-5(10)12-2;1-2/h2-5,7-8,14-15,18H,6H2,1H3;3,11H,1-2H3,(H2,10,12);1-2H3/b;4-3-;. The summed E-state index contributed by atoms with van der Waals surface area (Å²) in [6.07, 6.45) is -1.31. The van der Waals surface area contributed by atoms with Crippen LogP contribution < -0.4 is 26.4 Å². The van der Waals surface area contributed by atoms with E-state index in [0.29, 0.717) is 18.2 Å². The number of amidine groups is 1. The molecule has 35 heavy (non-hydrogen) atoms. The third-order valence-electron chi connectivity index (χ3n) is 4.03. The maximum Gasteiger partial charge on any atom is 0.431 e. The summed E-state index contributed by atoms with van der Waals surface area (Å²) >= 11 is 1.47. The van der Waals surface area contributed by atoms with Crippen LogP contribution in [0.3, 0.4) is 0 Å². The van der Waals surface area contributed by atoms with Crippen molar-refractivity contribution in [3.8, 4) is 11.6 Å². The summed E-state index contributed by atoms with van der Waals surface area (Å²) in [6, 6.07) is 7.44. The number of carbonyl (C=O) groups excluding carboxylic acids is 1. The van der Waals surface area contributed by atoms with E-state index in [1.165, 1.54) is 32.2 Å². The Morgan fingerprint density at radius 2 is 2.00 bits per heavy atom. The number of benzene rings is 1. The van der Waals surface area contributed by atoms with Crippen molar-refractivity contribution in [2.75, 3.05) is 26.5 Å². The van der Waals surface area contributed by atoms with Crippen molar-refractivity contribution in [3.05, 3.63) is 48.1 Å². The zero-order valence-corrected chi connectivity index (χ0v) is 20.9. The Morgan fingerprint density at radius 3 is 2.57 bits per heavy atom. The van der Waals surface area contributed by atoms with E-state index >= 15 is 0 Å². The van der Waals surface area contributed by atoms with E-state index in [1.807, 2.05) is 44.4 Å². The van der Waals surface area contributed by atoms with Crippen molar-refractivity contribution in [2.24, 2.45) is 10.7 Å². The lowest BCUT2D eigenvalue weighted by Crippen LogP contribution is -2.25. The first-order chi connectivity index (χ1) is 16.7. The number of alkyl halides is 3. The van der Waals surface area contributed by atoms with Crippen molar-refractivity contribution in [2.45, 2.75) is 36.8 Å². The Labute approximate surface area is 206 Å². The minimum atomic E-state index is -4.41. The average Bonchev–Trinajstić information content (AvgIpc) is 3.26. The number of nitrogens with one attached hydrogen (secondary N) is 3. The molecule has 13 heteroatoms. The van der Waals surface area contributed by atoms with E-state index in [4.69, 9.17) is 10.5 Å². The zero-order valence-electron chi connectivity index (χ0n) is 20.1. The van der Waals surface area contributed by atoms with Gasteiger partial charge in [0.1, 0.15) is 29.0 Å². The number of aromatic nitrogens is 2. The number of hydrogen-bond donors (Lipinski definition) is 4. The number of rotatable bonds is 7. The monoisotopic (exact) mass is 513 g/mol.